The molecule has 1 aliphatic rings. The minimum absolute atomic E-state index is 0.704. The molecule has 1 N–H and O–H groups in total. The Morgan fingerprint density at radius 3 is 2.67 bits per heavy atom. The molecule has 0 amide bonds. The molecule has 1 aliphatic heterocycles. The van der Waals surface area contributed by atoms with Gasteiger partial charge in [0.1, 0.15) is 5.82 Å². The third-order valence-corrected chi connectivity index (χ3v) is 4.92. The molecule has 138 valence electrons. The first-order valence-electron chi connectivity index (χ1n) is 9.62. The van der Waals surface area contributed by atoms with Crippen molar-refractivity contribution < 1.29 is 0 Å². The van der Waals surface area contributed by atoms with Crippen molar-refractivity contribution in [2.24, 2.45) is 0 Å². The van der Waals surface area contributed by atoms with E-state index in [0.717, 1.165) is 36.7 Å². The average Bonchev–Trinajstić information content (AvgIpc) is 2.73. The summed E-state index contributed by atoms with van der Waals surface area (Å²) in [5, 5.41) is 3.49. The molecule has 0 bridgehead atoms. The Kier molecular flexibility index (Phi) is 5.28. The highest BCUT2D eigenvalue weighted by atomic mass is 15.1. The zero-order valence-electron chi connectivity index (χ0n) is 15.7. The van der Waals surface area contributed by atoms with Crippen molar-refractivity contribution in [2.75, 3.05) is 23.3 Å². The van der Waals surface area contributed by atoms with Crippen molar-refractivity contribution >= 4 is 11.5 Å². The number of anilines is 2. The third kappa shape index (κ3) is 4.25. The first kappa shape index (κ1) is 17.5. The summed E-state index contributed by atoms with van der Waals surface area (Å²) in [5.41, 5.74) is 4.51. The molecule has 4 rings (SSSR count). The van der Waals surface area contributed by atoms with Crippen LogP contribution in [0.5, 0.6) is 0 Å². The Morgan fingerprint density at radius 1 is 1.00 bits per heavy atom. The molecule has 0 unspecified atom stereocenters. The molecule has 0 radical (unpaired) electrons. The Hall–Kier alpha value is -2.95. The molecule has 5 nitrogen and oxygen atoms in total. The van der Waals surface area contributed by atoms with Crippen LogP contribution in [0.1, 0.15) is 30.5 Å². The topological polar surface area (TPSA) is 53.9 Å². The number of aromatic nitrogens is 3. The Morgan fingerprint density at radius 2 is 1.85 bits per heavy atom. The highest BCUT2D eigenvalue weighted by Gasteiger charge is 2.14. The van der Waals surface area contributed by atoms with Crippen LogP contribution < -0.4 is 10.2 Å². The highest BCUT2D eigenvalue weighted by Crippen LogP contribution is 2.25. The molecule has 1 fully saturated rings. The first-order valence-corrected chi connectivity index (χ1v) is 9.62. The smallest absolute Gasteiger partial charge is 0.163 e. The predicted molar refractivity (Wildman–Crippen MR) is 110 cm³/mol. The lowest BCUT2D eigenvalue weighted by Crippen LogP contribution is -2.30. The van der Waals surface area contributed by atoms with Gasteiger partial charge in [-0.25, -0.2) is 9.97 Å². The number of aryl methyl sites for hydroxylation is 1. The summed E-state index contributed by atoms with van der Waals surface area (Å²) < 4.78 is 0. The molecule has 5 heteroatoms. The molecule has 0 spiro atoms. The summed E-state index contributed by atoms with van der Waals surface area (Å²) >= 11 is 0. The Balaban J connectivity index is 1.53. The Bertz CT molecular complexity index is 888. The number of pyridine rings is 1. The van der Waals surface area contributed by atoms with Crippen LogP contribution in [-0.2, 0) is 6.54 Å². The van der Waals surface area contributed by atoms with Crippen molar-refractivity contribution in [3.8, 4) is 11.4 Å². The summed E-state index contributed by atoms with van der Waals surface area (Å²) in [6.07, 6.45) is 7.46. The number of hydrogen-bond donors (Lipinski definition) is 1. The molecule has 1 aromatic carbocycles. The summed E-state index contributed by atoms with van der Waals surface area (Å²) in [6, 6.07) is 14.5. The zero-order chi connectivity index (χ0) is 18.5. The van der Waals surface area contributed by atoms with E-state index >= 15 is 0 Å². The van der Waals surface area contributed by atoms with E-state index in [1.54, 1.807) is 12.4 Å². The maximum atomic E-state index is 4.69. The van der Waals surface area contributed by atoms with Crippen LogP contribution in [0.3, 0.4) is 0 Å². The second-order valence-corrected chi connectivity index (χ2v) is 6.99. The van der Waals surface area contributed by atoms with Crippen LogP contribution in [0.25, 0.3) is 11.4 Å². The van der Waals surface area contributed by atoms with E-state index in [1.807, 2.05) is 25.1 Å². The standard InChI is InChI=1S/C22H25N5/c1-17-14-21(26-22(25-17)19-9-7-11-23-15-19)24-16-18-8-3-4-10-20(18)27-12-5-2-6-13-27/h3-4,7-11,14-15H,2,5-6,12-13,16H2,1H3,(H,24,25,26). The van der Waals surface area contributed by atoms with Gasteiger partial charge >= 0.3 is 0 Å². The SMILES string of the molecule is Cc1cc(NCc2ccccc2N2CCCCC2)nc(-c2cccnc2)n1. The summed E-state index contributed by atoms with van der Waals surface area (Å²) in [5.74, 6) is 1.55. The monoisotopic (exact) mass is 359 g/mol. The van der Waals surface area contributed by atoms with Crippen molar-refractivity contribution in [3.05, 3.63) is 66.1 Å². The molecule has 3 aromatic rings. The largest absolute Gasteiger partial charge is 0.371 e. The van der Waals surface area contributed by atoms with E-state index in [4.69, 9.17) is 0 Å². The molecule has 0 atom stereocenters. The lowest BCUT2D eigenvalue weighted by Gasteiger charge is -2.30. The van der Waals surface area contributed by atoms with Crippen molar-refractivity contribution in [1.82, 2.24) is 15.0 Å². The number of hydrogen-bond acceptors (Lipinski definition) is 5. The normalized spacial score (nSPS) is 14.2. The van der Waals surface area contributed by atoms with Crippen LogP contribution in [0.4, 0.5) is 11.5 Å². The Labute approximate surface area is 160 Å². The van der Waals surface area contributed by atoms with Gasteiger partial charge in [-0.15, -0.1) is 0 Å². The van der Waals surface area contributed by atoms with Gasteiger partial charge in [-0.1, -0.05) is 18.2 Å². The predicted octanol–water partition coefficient (Wildman–Crippen LogP) is 4.45. The number of nitrogens with zero attached hydrogens (tertiary/aromatic N) is 4. The molecule has 3 heterocycles. The maximum Gasteiger partial charge on any atom is 0.163 e. The minimum Gasteiger partial charge on any atom is -0.371 e. The van der Waals surface area contributed by atoms with Gasteiger partial charge < -0.3 is 10.2 Å². The van der Waals surface area contributed by atoms with Crippen molar-refractivity contribution in [1.29, 1.82) is 0 Å². The molecule has 1 saturated heterocycles. The summed E-state index contributed by atoms with van der Waals surface area (Å²) in [7, 11) is 0. The van der Waals surface area contributed by atoms with Gasteiger partial charge in [-0.3, -0.25) is 4.98 Å². The summed E-state index contributed by atoms with van der Waals surface area (Å²) in [4.78, 5) is 15.9. The third-order valence-electron chi connectivity index (χ3n) is 4.92. The quantitative estimate of drug-likeness (QED) is 0.729. The number of rotatable bonds is 5. The fourth-order valence-electron chi connectivity index (χ4n) is 3.57. The molecule has 0 aliphatic carbocycles. The van der Waals surface area contributed by atoms with Crippen LogP contribution in [-0.4, -0.2) is 28.0 Å². The van der Waals surface area contributed by atoms with Crippen LogP contribution >= 0.6 is 0 Å². The fourth-order valence-corrected chi connectivity index (χ4v) is 3.57. The lowest BCUT2D eigenvalue weighted by atomic mass is 10.1. The van der Waals surface area contributed by atoms with E-state index < -0.39 is 0 Å². The molecular formula is C22H25N5. The van der Waals surface area contributed by atoms with Crippen molar-refractivity contribution in [2.45, 2.75) is 32.7 Å². The molecule has 0 saturated carbocycles. The van der Waals surface area contributed by atoms with Gasteiger partial charge in [0.05, 0.1) is 0 Å². The van der Waals surface area contributed by atoms with Crippen LogP contribution in [0.15, 0.2) is 54.9 Å². The van der Waals surface area contributed by atoms with E-state index in [2.05, 4.69) is 49.4 Å². The van der Waals surface area contributed by atoms with E-state index in [9.17, 15) is 0 Å². The molecular weight excluding hydrogens is 334 g/mol. The first-order chi connectivity index (χ1) is 13.3. The van der Waals surface area contributed by atoms with Crippen molar-refractivity contribution in [3.63, 3.8) is 0 Å². The second kappa shape index (κ2) is 8.16. The van der Waals surface area contributed by atoms with Gasteiger partial charge in [0.2, 0.25) is 0 Å². The molecule has 2 aromatic heterocycles. The fraction of sp³-hybridized carbons (Fsp3) is 0.318. The van der Waals surface area contributed by atoms with Gasteiger partial charge in [-0.05, 0) is 49.9 Å². The van der Waals surface area contributed by atoms with Gasteiger partial charge in [0, 0.05) is 55.0 Å². The van der Waals surface area contributed by atoms with Gasteiger partial charge in [-0.2, -0.15) is 0 Å². The number of para-hydroxylation sites is 1. The highest BCUT2D eigenvalue weighted by molar-refractivity contribution is 5.58. The summed E-state index contributed by atoms with van der Waals surface area (Å²) in [6.45, 7) is 5.04. The van der Waals surface area contributed by atoms with Crippen LogP contribution in [0.2, 0.25) is 0 Å². The van der Waals surface area contributed by atoms with Crippen LogP contribution in [0, 0.1) is 6.92 Å². The lowest BCUT2D eigenvalue weighted by molar-refractivity contribution is 0.576. The average molecular weight is 359 g/mol. The maximum absolute atomic E-state index is 4.69. The van der Waals surface area contributed by atoms with E-state index in [0.29, 0.717) is 5.82 Å². The van der Waals surface area contributed by atoms with Gasteiger partial charge in [0.25, 0.3) is 0 Å². The van der Waals surface area contributed by atoms with E-state index in [1.165, 1.54) is 30.5 Å². The number of piperidine rings is 1. The minimum atomic E-state index is 0.704. The second-order valence-electron chi connectivity index (χ2n) is 6.99. The number of benzene rings is 1. The number of nitrogens with one attached hydrogen (secondary N) is 1. The molecule has 27 heavy (non-hydrogen) atoms. The zero-order valence-corrected chi connectivity index (χ0v) is 15.7. The van der Waals surface area contributed by atoms with E-state index in [-0.39, 0.29) is 0 Å². The van der Waals surface area contributed by atoms with Gasteiger partial charge in [0.15, 0.2) is 5.82 Å².